The first-order chi connectivity index (χ1) is 11.9. The highest BCUT2D eigenvalue weighted by molar-refractivity contribution is 5.61. The van der Waals surface area contributed by atoms with Crippen LogP contribution in [0, 0.1) is 17.5 Å². The predicted octanol–water partition coefficient (Wildman–Crippen LogP) is 3.79. The van der Waals surface area contributed by atoms with Crippen LogP contribution in [0.25, 0.3) is 0 Å². The van der Waals surface area contributed by atoms with Gasteiger partial charge in [-0.25, -0.2) is 18.2 Å². The molecule has 0 unspecified atom stereocenters. The van der Waals surface area contributed by atoms with Crippen LogP contribution in [-0.4, -0.2) is 20.2 Å². The van der Waals surface area contributed by atoms with Gasteiger partial charge in [0.05, 0.1) is 6.20 Å². The van der Waals surface area contributed by atoms with Crippen LogP contribution in [0.15, 0.2) is 42.6 Å². The second-order valence-electron chi connectivity index (χ2n) is 4.97. The highest BCUT2D eigenvalue weighted by Crippen LogP contribution is 2.25. The van der Waals surface area contributed by atoms with E-state index < -0.39 is 29.0 Å². The average molecular weight is 348 g/mol. The number of anilines is 4. The molecule has 25 heavy (non-hydrogen) atoms. The van der Waals surface area contributed by atoms with Gasteiger partial charge in [-0.1, -0.05) is 0 Å². The summed E-state index contributed by atoms with van der Waals surface area (Å²) in [5, 5.41) is 23.5. The van der Waals surface area contributed by atoms with Crippen molar-refractivity contribution in [3.63, 3.8) is 0 Å². The van der Waals surface area contributed by atoms with Gasteiger partial charge in [0, 0.05) is 23.5 Å². The number of nitrogens with zero attached hydrogens (tertiary/aromatic N) is 2. The van der Waals surface area contributed by atoms with E-state index in [4.69, 9.17) is 10.2 Å². The number of hydrogen-bond acceptors (Lipinski definition) is 6. The van der Waals surface area contributed by atoms with E-state index in [-0.39, 0.29) is 23.1 Å². The first-order valence-electron chi connectivity index (χ1n) is 6.96. The maximum absolute atomic E-state index is 13.8. The molecule has 3 aromatic rings. The molecule has 0 aliphatic rings. The average Bonchev–Trinajstić information content (AvgIpc) is 2.57. The minimum absolute atomic E-state index is 0.0479. The minimum atomic E-state index is -0.877. The lowest BCUT2D eigenvalue weighted by molar-refractivity contribution is 0.432. The Labute approximate surface area is 139 Å². The summed E-state index contributed by atoms with van der Waals surface area (Å²) in [4.78, 5) is 7.61. The summed E-state index contributed by atoms with van der Waals surface area (Å²) in [5.41, 5.74) is 0.401. The van der Waals surface area contributed by atoms with Crippen LogP contribution < -0.4 is 10.6 Å². The molecule has 0 saturated carbocycles. The molecule has 0 saturated heterocycles. The smallest absolute Gasteiger partial charge is 0.229 e. The number of hydrogen-bond donors (Lipinski definition) is 4. The second-order valence-corrected chi connectivity index (χ2v) is 4.97. The molecule has 0 spiro atoms. The molecule has 128 valence electrons. The fourth-order valence-electron chi connectivity index (χ4n) is 1.95. The summed E-state index contributed by atoms with van der Waals surface area (Å²) in [6.45, 7) is 0. The summed E-state index contributed by atoms with van der Waals surface area (Å²) < 4.78 is 40.5. The highest BCUT2D eigenvalue weighted by Gasteiger charge is 2.10. The van der Waals surface area contributed by atoms with Crippen LogP contribution in [0.3, 0.4) is 0 Å². The molecule has 0 atom stereocenters. The normalized spacial score (nSPS) is 10.5. The lowest BCUT2D eigenvalue weighted by atomic mass is 10.3. The number of aromatic nitrogens is 2. The van der Waals surface area contributed by atoms with E-state index in [1.165, 1.54) is 12.1 Å². The molecule has 4 N–H and O–H groups in total. The summed E-state index contributed by atoms with van der Waals surface area (Å²) in [6.07, 6.45) is 0.880. The molecule has 3 rings (SSSR count). The topological polar surface area (TPSA) is 90.3 Å². The summed E-state index contributed by atoms with van der Waals surface area (Å²) in [7, 11) is 0. The fourth-order valence-corrected chi connectivity index (χ4v) is 1.95. The number of rotatable bonds is 4. The SMILES string of the molecule is Oc1ccc(Nc2ncc(F)c(Nc3ccc(O)c(F)c3)n2)cc1F. The van der Waals surface area contributed by atoms with Gasteiger partial charge in [0.15, 0.2) is 34.8 Å². The molecule has 1 heterocycles. The Morgan fingerprint density at radius 2 is 1.32 bits per heavy atom. The highest BCUT2D eigenvalue weighted by atomic mass is 19.1. The Bertz CT molecular complexity index is 937. The van der Waals surface area contributed by atoms with Crippen molar-refractivity contribution >= 4 is 23.1 Å². The fraction of sp³-hybridized carbons (Fsp3) is 0. The van der Waals surface area contributed by atoms with Gasteiger partial charge in [0.1, 0.15) is 0 Å². The van der Waals surface area contributed by atoms with E-state index in [1.807, 2.05) is 0 Å². The van der Waals surface area contributed by atoms with Crippen LogP contribution >= 0.6 is 0 Å². The largest absolute Gasteiger partial charge is 0.505 e. The zero-order valence-corrected chi connectivity index (χ0v) is 12.5. The molecular formula is C16H11F3N4O2. The number of phenolic OH excluding ortho intramolecular Hbond substituents is 2. The third-order valence-electron chi connectivity index (χ3n) is 3.16. The Balaban J connectivity index is 1.84. The Morgan fingerprint density at radius 1 is 0.760 bits per heavy atom. The van der Waals surface area contributed by atoms with E-state index in [2.05, 4.69) is 20.6 Å². The lowest BCUT2D eigenvalue weighted by Crippen LogP contribution is -2.03. The van der Waals surface area contributed by atoms with Crippen LogP contribution in [0.2, 0.25) is 0 Å². The number of benzene rings is 2. The van der Waals surface area contributed by atoms with E-state index in [0.29, 0.717) is 0 Å². The van der Waals surface area contributed by atoms with Gasteiger partial charge in [0.25, 0.3) is 0 Å². The van der Waals surface area contributed by atoms with Crippen molar-refractivity contribution in [2.45, 2.75) is 0 Å². The molecule has 6 nitrogen and oxygen atoms in total. The van der Waals surface area contributed by atoms with Gasteiger partial charge in [-0.3, -0.25) is 0 Å². The van der Waals surface area contributed by atoms with E-state index in [1.54, 1.807) is 0 Å². The lowest BCUT2D eigenvalue weighted by Gasteiger charge is -2.10. The quantitative estimate of drug-likeness (QED) is 0.536. The van der Waals surface area contributed by atoms with Gasteiger partial charge < -0.3 is 20.8 Å². The molecule has 0 aliphatic heterocycles. The molecule has 0 fully saturated rings. The van der Waals surface area contributed by atoms with Crippen molar-refractivity contribution in [2.75, 3.05) is 10.6 Å². The standard InChI is InChI=1S/C16H11F3N4O2/c17-10-5-8(1-3-13(10)24)21-15-12(19)7-20-16(23-15)22-9-2-4-14(25)11(18)6-9/h1-7,24-25H,(H2,20,21,22,23). The minimum Gasteiger partial charge on any atom is -0.505 e. The number of aromatic hydroxyl groups is 2. The van der Waals surface area contributed by atoms with Crippen LogP contribution in [-0.2, 0) is 0 Å². The van der Waals surface area contributed by atoms with Crippen molar-refractivity contribution in [1.29, 1.82) is 0 Å². The van der Waals surface area contributed by atoms with Crippen molar-refractivity contribution in [3.8, 4) is 11.5 Å². The van der Waals surface area contributed by atoms with Crippen LogP contribution in [0.5, 0.6) is 11.5 Å². The van der Waals surface area contributed by atoms with Crippen molar-refractivity contribution in [3.05, 3.63) is 60.0 Å². The van der Waals surface area contributed by atoms with Crippen LogP contribution in [0.4, 0.5) is 36.3 Å². The molecule has 0 aliphatic carbocycles. The van der Waals surface area contributed by atoms with E-state index in [9.17, 15) is 13.2 Å². The van der Waals surface area contributed by atoms with Gasteiger partial charge in [-0.05, 0) is 24.3 Å². The number of halogens is 3. The van der Waals surface area contributed by atoms with Crippen molar-refractivity contribution in [2.24, 2.45) is 0 Å². The van der Waals surface area contributed by atoms with Gasteiger partial charge in [0.2, 0.25) is 5.95 Å². The molecule has 1 aromatic heterocycles. The number of phenols is 2. The first kappa shape index (κ1) is 16.4. The van der Waals surface area contributed by atoms with Gasteiger partial charge in [-0.2, -0.15) is 4.98 Å². The van der Waals surface area contributed by atoms with Crippen LogP contribution in [0.1, 0.15) is 0 Å². The molecule has 9 heteroatoms. The first-order valence-corrected chi connectivity index (χ1v) is 6.96. The van der Waals surface area contributed by atoms with Gasteiger partial charge in [-0.15, -0.1) is 0 Å². The Morgan fingerprint density at radius 3 is 1.88 bits per heavy atom. The Hall–Kier alpha value is -3.49. The summed E-state index contributed by atoms with van der Waals surface area (Å²) in [6, 6.07) is 6.95. The Kier molecular flexibility index (Phi) is 4.29. The summed E-state index contributed by atoms with van der Waals surface area (Å²) >= 11 is 0. The van der Waals surface area contributed by atoms with Gasteiger partial charge >= 0.3 is 0 Å². The molecule has 0 radical (unpaired) electrons. The van der Waals surface area contributed by atoms with Crippen molar-refractivity contribution in [1.82, 2.24) is 9.97 Å². The number of nitrogens with one attached hydrogen (secondary N) is 2. The van der Waals surface area contributed by atoms with E-state index >= 15 is 0 Å². The third kappa shape index (κ3) is 3.71. The maximum atomic E-state index is 13.8. The molecule has 2 aromatic carbocycles. The zero-order chi connectivity index (χ0) is 18.0. The monoisotopic (exact) mass is 348 g/mol. The zero-order valence-electron chi connectivity index (χ0n) is 12.5. The van der Waals surface area contributed by atoms with Crippen molar-refractivity contribution < 1.29 is 23.4 Å². The second kappa shape index (κ2) is 6.56. The summed E-state index contributed by atoms with van der Waals surface area (Å²) in [5.74, 6) is -3.86. The van der Waals surface area contributed by atoms with E-state index in [0.717, 1.165) is 30.5 Å². The predicted molar refractivity (Wildman–Crippen MR) is 84.7 cm³/mol. The molecule has 0 amide bonds. The third-order valence-corrected chi connectivity index (χ3v) is 3.16. The maximum Gasteiger partial charge on any atom is 0.229 e. The molecule has 0 bridgehead atoms. The molecular weight excluding hydrogens is 337 g/mol.